The Balaban J connectivity index is 1.52. The molecule has 0 radical (unpaired) electrons. The van der Waals surface area contributed by atoms with Gasteiger partial charge in [0.25, 0.3) is 0 Å². The van der Waals surface area contributed by atoms with Gasteiger partial charge in [0.05, 0.1) is 30.5 Å². The van der Waals surface area contributed by atoms with E-state index < -0.39 is 5.97 Å². The maximum Gasteiger partial charge on any atom is 0.303 e. The normalized spacial score (nSPS) is 14.5. The molecule has 7 nitrogen and oxygen atoms in total. The predicted molar refractivity (Wildman–Crippen MR) is 74.8 cm³/mol. The maximum absolute atomic E-state index is 10.4. The number of carboxylic acid groups (broad SMARTS) is 1. The lowest BCUT2D eigenvalue weighted by atomic mass is 10.1. The van der Waals surface area contributed by atoms with E-state index in [-0.39, 0.29) is 6.42 Å². The first kappa shape index (κ1) is 13.8. The van der Waals surface area contributed by atoms with Gasteiger partial charge < -0.3 is 9.67 Å². The van der Waals surface area contributed by atoms with E-state index in [2.05, 4.69) is 19.9 Å². The summed E-state index contributed by atoms with van der Waals surface area (Å²) in [6.45, 7) is 0.679. The van der Waals surface area contributed by atoms with Gasteiger partial charge in [-0.1, -0.05) is 5.21 Å². The molecule has 2 aromatic heterocycles. The molecule has 1 aliphatic carbocycles. The van der Waals surface area contributed by atoms with Crippen molar-refractivity contribution in [2.75, 3.05) is 0 Å². The molecule has 2 heterocycles. The van der Waals surface area contributed by atoms with Crippen LogP contribution in [0, 0.1) is 0 Å². The van der Waals surface area contributed by atoms with Gasteiger partial charge in [0.1, 0.15) is 0 Å². The summed E-state index contributed by atoms with van der Waals surface area (Å²) < 4.78 is 4.04. The molecule has 0 amide bonds. The minimum atomic E-state index is -0.744. The monoisotopic (exact) mass is 289 g/mol. The van der Waals surface area contributed by atoms with Crippen molar-refractivity contribution in [2.45, 2.75) is 51.1 Å². The third kappa shape index (κ3) is 3.68. The summed E-state index contributed by atoms with van der Waals surface area (Å²) in [7, 11) is 0. The highest BCUT2D eigenvalue weighted by molar-refractivity contribution is 5.66. The Morgan fingerprint density at radius 1 is 1.38 bits per heavy atom. The van der Waals surface area contributed by atoms with Gasteiger partial charge in [-0.25, -0.2) is 9.67 Å². The Hall–Kier alpha value is -2.18. The van der Waals surface area contributed by atoms with Crippen molar-refractivity contribution in [3.8, 4) is 0 Å². The average molecular weight is 289 g/mol. The van der Waals surface area contributed by atoms with Crippen LogP contribution in [0.25, 0.3) is 0 Å². The largest absolute Gasteiger partial charge is 0.481 e. The second-order valence-corrected chi connectivity index (χ2v) is 5.53. The van der Waals surface area contributed by atoms with Crippen LogP contribution in [0.15, 0.2) is 18.7 Å². The number of aryl methyl sites for hydroxylation is 1. The van der Waals surface area contributed by atoms with Crippen LogP contribution < -0.4 is 0 Å². The lowest BCUT2D eigenvalue weighted by Crippen LogP contribution is -2.06. The number of nitrogens with zero attached hydrogens (tertiary/aromatic N) is 5. The Labute approximate surface area is 122 Å². The number of hydrogen-bond acceptors (Lipinski definition) is 4. The molecule has 3 rings (SSSR count). The zero-order chi connectivity index (χ0) is 14.7. The Kier molecular flexibility index (Phi) is 3.98. The number of aromatic nitrogens is 5. The van der Waals surface area contributed by atoms with Crippen molar-refractivity contribution in [1.29, 1.82) is 0 Å². The van der Waals surface area contributed by atoms with Crippen molar-refractivity contribution in [1.82, 2.24) is 24.5 Å². The molecule has 0 unspecified atom stereocenters. The van der Waals surface area contributed by atoms with Crippen LogP contribution in [0.5, 0.6) is 0 Å². The Morgan fingerprint density at radius 2 is 2.24 bits per heavy atom. The van der Waals surface area contributed by atoms with Crippen molar-refractivity contribution < 1.29 is 9.90 Å². The number of aliphatic carboxylic acids is 1. The molecular formula is C14H19N5O2. The molecule has 112 valence electrons. The number of hydrogen-bond donors (Lipinski definition) is 1. The van der Waals surface area contributed by atoms with Gasteiger partial charge in [-0.3, -0.25) is 4.79 Å². The second-order valence-electron chi connectivity index (χ2n) is 5.53. The van der Waals surface area contributed by atoms with E-state index in [0.29, 0.717) is 19.0 Å². The molecule has 1 fully saturated rings. The zero-order valence-corrected chi connectivity index (χ0v) is 11.9. The molecule has 0 bridgehead atoms. The van der Waals surface area contributed by atoms with E-state index >= 15 is 0 Å². The van der Waals surface area contributed by atoms with Gasteiger partial charge >= 0.3 is 5.97 Å². The molecule has 0 aromatic carbocycles. The van der Waals surface area contributed by atoms with E-state index in [1.54, 1.807) is 0 Å². The first-order valence-electron chi connectivity index (χ1n) is 7.34. The number of carbonyl (C=O) groups is 1. The molecule has 0 atom stereocenters. The first-order valence-corrected chi connectivity index (χ1v) is 7.34. The van der Waals surface area contributed by atoms with E-state index in [4.69, 9.17) is 5.11 Å². The lowest BCUT2D eigenvalue weighted by Gasteiger charge is -2.05. The molecule has 0 spiro atoms. The first-order chi connectivity index (χ1) is 10.2. The van der Waals surface area contributed by atoms with Gasteiger partial charge in [0, 0.05) is 18.7 Å². The molecule has 1 saturated carbocycles. The van der Waals surface area contributed by atoms with Crippen molar-refractivity contribution >= 4 is 5.97 Å². The molecule has 1 aliphatic rings. The van der Waals surface area contributed by atoms with Gasteiger partial charge in [0.2, 0.25) is 0 Å². The number of rotatable bonds is 8. The van der Waals surface area contributed by atoms with Crippen molar-refractivity contribution in [2.24, 2.45) is 0 Å². The highest BCUT2D eigenvalue weighted by Gasteiger charge is 2.25. The molecule has 21 heavy (non-hydrogen) atoms. The summed E-state index contributed by atoms with van der Waals surface area (Å²) in [6, 6.07) is 0.613. The molecule has 1 N–H and O–H groups in total. The lowest BCUT2D eigenvalue weighted by molar-refractivity contribution is -0.137. The number of carboxylic acids is 1. The minimum Gasteiger partial charge on any atom is -0.481 e. The number of unbranched alkanes of at least 4 members (excludes halogenated alkanes) is 1. The summed E-state index contributed by atoms with van der Waals surface area (Å²) >= 11 is 0. The smallest absolute Gasteiger partial charge is 0.303 e. The van der Waals surface area contributed by atoms with Crippen molar-refractivity contribution in [3.05, 3.63) is 30.1 Å². The fourth-order valence-electron chi connectivity index (χ4n) is 2.41. The summed E-state index contributed by atoms with van der Waals surface area (Å²) in [5, 5.41) is 16.9. The highest BCUT2D eigenvalue weighted by atomic mass is 16.4. The minimum absolute atomic E-state index is 0.217. The summed E-state index contributed by atoms with van der Waals surface area (Å²) in [5.41, 5.74) is 2.07. The van der Waals surface area contributed by atoms with Gasteiger partial charge in [0.15, 0.2) is 0 Å². The standard InChI is InChI=1S/C14H19N5O2/c20-14(21)4-2-1-3-11-8-18(17-16-11)9-13-7-15-10-19(13)12-5-6-12/h7-8,10,12H,1-6,9H2,(H,20,21). The summed E-state index contributed by atoms with van der Waals surface area (Å²) in [6.07, 6.45) is 10.7. The van der Waals surface area contributed by atoms with Crippen LogP contribution in [0.2, 0.25) is 0 Å². The fourth-order valence-corrected chi connectivity index (χ4v) is 2.41. The predicted octanol–water partition coefficient (Wildman–Crippen LogP) is 1.66. The Morgan fingerprint density at radius 3 is 3.00 bits per heavy atom. The van der Waals surface area contributed by atoms with Crippen LogP contribution >= 0.6 is 0 Å². The van der Waals surface area contributed by atoms with E-state index in [1.807, 2.05) is 23.4 Å². The quantitative estimate of drug-likeness (QED) is 0.747. The topological polar surface area (TPSA) is 85.8 Å². The van der Waals surface area contributed by atoms with E-state index in [9.17, 15) is 4.79 Å². The maximum atomic E-state index is 10.4. The SMILES string of the molecule is O=C(O)CCCCc1cn(Cc2cncn2C2CC2)nn1. The summed E-state index contributed by atoms with van der Waals surface area (Å²) in [5.74, 6) is -0.744. The third-order valence-electron chi connectivity index (χ3n) is 3.67. The van der Waals surface area contributed by atoms with Crippen molar-refractivity contribution in [3.63, 3.8) is 0 Å². The van der Waals surface area contributed by atoms with Crippen LogP contribution in [-0.4, -0.2) is 35.6 Å². The van der Waals surface area contributed by atoms with Gasteiger partial charge in [-0.2, -0.15) is 0 Å². The third-order valence-corrected chi connectivity index (χ3v) is 3.67. The van der Waals surface area contributed by atoms with Gasteiger partial charge in [-0.15, -0.1) is 5.10 Å². The molecule has 7 heteroatoms. The summed E-state index contributed by atoms with van der Waals surface area (Å²) in [4.78, 5) is 14.7. The molecular weight excluding hydrogens is 270 g/mol. The Bertz CT molecular complexity index is 614. The van der Waals surface area contributed by atoms with Crippen LogP contribution in [0.4, 0.5) is 0 Å². The van der Waals surface area contributed by atoms with Crippen LogP contribution in [0.1, 0.15) is 49.5 Å². The molecule has 0 aliphatic heterocycles. The average Bonchev–Trinajstić information content (AvgIpc) is 3.03. The molecule has 2 aromatic rings. The second kappa shape index (κ2) is 6.07. The highest BCUT2D eigenvalue weighted by Crippen LogP contribution is 2.35. The van der Waals surface area contributed by atoms with Gasteiger partial charge in [-0.05, 0) is 32.1 Å². The van der Waals surface area contributed by atoms with Crippen LogP contribution in [-0.2, 0) is 17.8 Å². The van der Waals surface area contributed by atoms with Crippen LogP contribution in [0.3, 0.4) is 0 Å². The zero-order valence-electron chi connectivity index (χ0n) is 11.9. The van der Waals surface area contributed by atoms with E-state index in [0.717, 1.165) is 24.2 Å². The molecule has 0 saturated heterocycles. The number of imidazole rings is 1. The van der Waals surface area contributed by atoms with E-state index in [1.165, 1.54) is 12.8 Å². The fraction of sp³-hybridized carbons (Fsp3) is 0.571.